The van der Waals surface area contributed by atoms with Crippen LogP contribution in [0.5, 0.6) is 0 Å². The monoisotopic (exact) mass is 708 g/mol. The van der Waals surface area contributed by atoms with Crippen LogP contribution in [0.25, 0.3) is 0 Å². The second-order valence-corrected chi connectivity index (χ2v) is 10.2. The Hall–Kier alpha value is -6.20. The molecule has 0 aliphatic rings. The molecular weight excluding hydrogens is 668 g/mol. The van der Waals surface area contributed by atoms with E-state index in [2.05, 4.69) is 50.1 Å². The van der Waals surface area contributed by atoms with E-state index in [0.29, 0.717) is 0 Å². The largest absolute Gasteiger partial charge is 0.458 e. The van der Waals surface area contributed by atoms with Crippen molar-refractivity contribution in [3.63, 3.8) is 0 Å². The lowest BCUT2D eigenvalue weighted by atomic mass is 10.1. The number of carbonyl (C=O) groups excluding carboxylic acids is 8. The first-order valence-electron chi connectivity index (χ1n) is 14.1. The van der Waals surface area contributed by atoms with Crippen LogP contribution in [-0.2, 0) is 66.7 Å². The molecule has 274 valence electrons. The van der Waals surface area contributed by atoms with Crippen LogP contribution in [0.15, 0.2) is 74.4 Å². The van der Waals surface area contributed by atoms with E-state index in [-0.39, 0.29) is 16.7 Å². The van der Waals surface area contributed by atoms with Crippen LogP contribution in [0.4, 0.5) is 9.59 Å². The molecule has 0 fully saturated rings. The second kappa shape index (κ2) is 21.6. The van der Waals surface area contributed by atoms with Crippen molar-refractivity contribution >= 4 is 48.0 Å². The summed E-state index contributed by atoms with van der Waals surface area (Å²) < 4.78 is 40.8. The van der Waals surface area contributed by atoms with Gasteiger partial charge in [0.25, 0.3) is 0 Å². The van der Waals surface area contributed by atoms with E-state index in [0.717, 1.165) is 18.2 Å². The molecule has 18 nitrogen and oxygen atoms in total. The predicted octanol–water partition coefficient (Wildman–Crippen LogP) is 1.42. The van der Waals surface area contributed by atoms with Crippen LogP contribution in [0.3, 0.4) is 0 Å². The maximum Gasteiger partial charge on any atom is 0.409 e. The lowest BCUT2D eigenvalue weighted by Crippen LogP contribution is -2.53. The summed E-state index contributed by atoms with van der Waals surface area (Å²) in [5.41, 5.74) is -4.42. The highest BCUT2D eigenvalue weighted by Crippen LogP contribution is 2.18. The summed E-state index contributed by atoms with van der Waals surface area (Å²) in [6.07, 6.45) is -0.323. The van der Waals surface area contributed by atoms with Gasteiger partial charge in [-0.3, -0.25) is 0 Å². The molecule has 0 aromatic rings. The first kappa shape index (κ1) is 43.8. The summed E-state index contributed by atoms with van der Waals surface area (Å²) in [5.74, 6) is -5.73. The van der Waals surface area contributed by atoms with Crippen molar-refractivity contribution < 1.29 is 76.3 Å². The van der Waals surface area contributed by atoms with Gasteiger partial charge < -0.3 is 48.5 Å². The summed E-state index contributed by atoms with van der Waals surface area (Å²) in [4.78, 5) is 97.4. The SMILES string of the molecule is C=CC(=O)OCC(COC(=O)C=C)(COC(=O)C=C)OC(=O)NCNC(=O)OC(COC(=O)C(=C)C)(COC(=O)C(=C)C)COC(=O)C(=C)C. The summed E-state index contributed by atoms with van der Waals surface area (Å²) in [5, 5.41) is 4.23. The van der Waals surface area contributed by atoms with Crippen LogP contribution in [-0.4, -0.2) is 106 Å². The van der Waals surface area contributed by atoms with Gasteiger partial charge in [-0.2, -0.15) is 0 Å². The van der Waals surface area contributed by atoms with Gasteiger partial charge in [0.1, 0.15) is 39.6 Å². The number of ether oxygens (including phenoxy) is 8. The summed E-state index contributed by atoms with van der Waals surface area (Å²) in [6.45, 7) is 18.4. The van der Waals surface area contributed by atoms with E-state index >= 15 is 0 Å². The number of rotatable bonds is 22. The minimum absolute atomic E-state index is 0.0437. The molecule has 0 spiro atoms. The Morgan fingerprint density at radius 1 is 0.480 bits per heavy atom. The van der Waals surface area contributed by atoms with Crippen molar-refractivity contribution in [1.82, 2.24) is 10.6 Å². The number of hydrogen-bond acceptors (Lipinski definition) is 16. The topological polar surface area (TPSA) is 234 Å². The third kappa shape index (κ3) is 17.1. The van der Waals surface area contributed by atoms with Crippen molar-refractivity contribution in [3.8, 4) is 0 Å². The molecule has 0 aliphatic carbocycles. The van der Waals surface area contributed by atoms with Gasteiger partial charge in [-0.05, 0) is 20.8 Å². The Kier molecular flexibility index (Phi) is 18.9. The standard InChI is InChI=1S/C32H40N2O16/c1-10-23(35)43-13-31(14-44-24(36)11-2,15-45-25(37)12-3)49-29(41)33-19-34-30(42)50-32(16-46-26(38)20(4)5,17-47-27(39)21(6)7)18-48-28(40)22(8)9/h10-12H,1-4,6,8,13-19H2,5,7,9H3,(H,33,41)(H,34,42). The highest BCUT2D eigenvalue weighted by atomic mass is 16.7. The van der Waals surface area contributed by atoms with Crippen molar-refractivity contribution in [1.29, 1.82) is 0 Å². The fourth-order valence-corrected chi connectivity index (χ4v) is 2.83. The van der Waals surface area contributed by atoms with Crippen LogP contribution >= 0.6 is 0 Å². The first-order valence-corrected chi connectivity index (χ1v) is 14.1. The smallest absolute Gasteiger partial charge is 0.409 e. The molecule has 0 rings (SSSR count). The maximum atomic E-state index is 12.9. The lowest BCUT2D eigenvalue weighted by molar-refractivity contribution is -0.171. The van der Waals surface area contributed by atoms with E-state index < -0.39 is 106 Å². The van der Waals surface area contributed by atoms with Crippen molar-refractivity contribution in [2.75, 3.05) is 46.3 Å². The average molecular weight is 709 g/mol. The van der Waals surface area contributed by atoms with E-state index in [1.165, 1.54) is 20.8 Å². The van der Waals surface area contributed by atoms with E-state index in [4.69, 9.17) is 37.9 Å². The van der Waals surface area contributed by atoms with Gasteiger partial charge in [-0.25, -0.2) is 38.4 Å². The minimum Gasteiger partial charge on any atom is -0.458 e. The number of nitrogens with one attached hydrogen (secondary N) is 2. The number of amides is 2. The van der Waals surface area contributed by atoms with Crippen LogP contribution in [0.1, 0.15) is 20.8 Å². The first-order chi connectivity index (χ1) is 23.3. The van der Waals surface area contributed by atoms with E-state index in [9.17, 15) is 38.4 Å². The minimum atomic E-state index is -2.15. The van der Waals surface area contributed by atoms with Gasteiger partial charge in [0.05, 0.1) is 6.67 Å². The van der Waals surface area contributed by atoms with Gasteiger partial charge >= 0.3 is 48.0 Å². The van der Waals surface area contributed by atoms with Gasteiger partial charge in [0.2, 0.25) is 11.2 Å². The third-order valence-electron chi connectivity index (χ3n) is 5.46. The Balaban J connectivity index is 6.08. The molecule has 0 saturated carbocycles. The number of carbonyl (C=O) groups is 8. The summed E-state index contributed by atoms with van der Waals surface area (Å²) in [6, 6.07) is 0. The van der Waals surface area contributed by atoms with Crippen LogP contribution in [0, 0.1) is 0 Å². The maximum absolute atomic E-state index is 12.9. The zero-order valence-electron chi connectivity index (χ0n) is 28.0. The molecule has 50 heavy (non-hydrogen) atoms. The fourth-order valence-electron chi connectivity index (χ4n) is 2.83. The molecule has 18 heteroatoms. The molecular formula is C32H40N2O16. The molecule has 0 heterocycles. The number of hydrogen-bond donors (Lipinski definition) is 2. The molecule has 0 saturated heterocycles. The Morgan fingerprint density at radius 2 is 0.720 bits per heavy atom. The lowest BCUT2D eigenvalue weighted by Gasteiger charge is -2.32. The van der Waals surface area contributed by atoms with Crippen molar-refractivity contribution in [3.05, 3.63) is 74.4 Å². The van der Waals surface area contributed by atoms with Crippen LogP contribution in [0.2, 0.25) is 0 Å². The van der Waals surface area contributed by atoms with Gasteiger partial charge in [0, 0.05) is 34.9 Å². The van der Waals surface area contributed by atoms with Crippen molar-refractivity contribution in [2.45, 2.75) is 32.0 Å². The van der Waals surface area contributed by atoms with Gasteiger partial charge in [-0.15, -0.1) is 0 Å². The van der Waals surface area contributed by atoms with E-state index in [1.54, 1.807) is 0 Å². The average Bonchev–Trinajstić information content (AvgIpc) is 3.07. The summed E-state index contributed by atoms with van der Waals surface area (Å²) in [7, 11) is 0. The predicted molar refractivity (Wildman–Crippen MR) is 170 cm³/mol. The Morgan fingerprint density at radius 3 is 0.940 bits per heavy atom. The zero-order valence-corrected chi connectivity index (χ0v) is 28.0. The number of esters is 6. The highest BCUT2D eigenvalue weighted by molar-refractivity contribution is 5.88. The summed E-state index contributed by atoms with van der Waals surface area (Å²) >= 11 is 0. The molecule has 2 amide bonds. The molecule has 2 N–H and O–H groups in total. The molecule has 0 unspecified atom stereocenters. The second-order valence-electron chi connectivity index (χ2n) is 10.2. The van der Waals surface area contributed by atoms with Crippen molar-refractivity contribution in [2.24, 2.45) is 0 Å². The van der Waals surface area contributed by atoms with E-state index in [1.807, 2.05) is 0 Å². The van der Waals surface area contributed by atoms with Crippen LogP contribution < -0.4 is 10.6 Å². The molecule has 0 aliphatic heterocycles. The highest BCUT2D eigenvalue weighted by Gasteiger charge is 2.42. The molecule has 0 radical (unpaired) electrons. The molecule has 0 atom stereocenters. The van der Waals surface area contributed by atoms with Gasteiger partial charge in [-0.1, -0.05) is 39.5 Å². The normalized spacial score (nSPS) is 10.4. The zero-order chi connectivity index (χ0) is 38.5. The Bertz CT molecular complexity index is 1260. The molecule has 0 aromatic heterocycles. The quantitative estimate of drug-likeness (QED) is 0.0700. The third-order valence-corrected chi connectivity index (χ3v) is 5.46. The fraction of sp³-hybridized carbons (Fsp3) is 0.375. The molecule has 0 aromatic carbocycles. The van der Waals surface area contributed by atoms with Gasteiger partial charge in [0.15, 0.2) is 0 Å². The Labute approximate surface area is 287 Å². The number of alkyl carbamates (subject to hydrolysis) is 2. The molecule has 0 bridgehead atoms.